The number of ether oxygens (including phenoxy) is 1. The minimum atomic E-state index is -5.06. The fourth-order valence-electron chi connectivity index (χ4n) is 1.49. The van der Waals surface area contributed by atoms with Gasteiger partial charge in [0, 0.05) is 0 Å². The predicted molar refractivity (Wildman–Crippen MR) is 51.5 cm³/mol. The summed E-state index contributed by atoms with van der Waals surface area (Å²) in [4.78, 5) is 0. The summed E-state index contributed by atoms with van der Waals surface area (Å²) in [6.07, 6.45) is 1.22. The van der Waals surface area contributed by atoms with E-state index in [4.69, 9.17) is 9.15 Å². The first-order chi connectivity index (χ1) is 7.04. The van der Waals surface area contributed by atoms with Gasteiger partial charge in [-0.3, -0.25) is 0 Å². The minimum absolute atomic E-state index is 0.165. The van der Waals surface area contributed by atoms with Crippen molar-refractivity contribution in [2.45, 2.75) is 0 Å². The van der Waals surface area contributed by atoms with Crippen molar-refractivity contribution in [3.05, 3.63) is 24.5 Å². The minimum Gasteiger partial charge on any atom is -0.496 e. The molecule has 0 saturated carbocycles. The third-order valence-electron chi connectivity index (χ3n) is 2.18. The van der Waals surface area contributed by atoms with Crippen molar-refractivity contribution in [1.82, 2.24) is 0 Å². The van der Waals surface area contributed by atoms with E-state index in [1.165, 1.54) is 25.5 Å². The van der Waals surface area contributed by atoms with Gasteiger partial charge in [-0.25, -0.2) is 0 Å². The molecule has 0 bridgehead atoms. The van der Waals surface area contributed by atoms with Crippen molar-refractivity contribution in [3.63, 3.8) is 0 Å². The van der Waals surface area contributed by atoms with Gasteiger partial charge in [0.15, 0.2) is 0 Å². The quantitative estimate of drug-likeness (QED) is 0.718. The van der Waals surface area contributed by atoms with Crippen LogP contribution in [-0.2, 0) is 0 Å². The number of rotatable bonds is 2. The highest BCUT2D eigenvalue weighted by Crippen LogP contribution is 2.27. The highest BCUT2D eigenvalue weighted by Gasteiger charge is 2.29. The molecule has 1 aromatic heterocycles. The first kappa shape index (κ1) is 9.95. The summed E-state index contributed by atoms with van der Waals surface area (Å²) in [6.45, 7) is -5.06. The smallest absolute Gasteiger partial charge is 0.496 e. The van der Waals surface area contributed by atoms with Crippen molar-refractivity contribution >= 4 is 23.4 Å². The van der Waals surface area contributed by atoms with E-state index < -0.39 is 12.4 Å². The summed E-state index contributed by atoms with van der Waals surface area (Å²) in [6, 6.07) is 3.73. The standard InChI is InChI=1S/C9H7BF3O2/c1-14-8-3-2-7(10(11,12)13)9-6(8)4-5-15-9/h2-5H,1H3/q-1. The van der Waals surface area contributed by atoms with E-state index in [-0.39, 0.29) is 5.58 Å². The van der Waals surface area contributed by atoms with Gasteiger partial charge in [0.2, 0.25) is 0 Å². The Bertz CT molecular complexity index is 490. The lowest BCUT2D eigenvalue weighted by molar-refractivity contribution is 0.419. The van der Waals surface area contributed by atoms with Crippen LogP contribution in [0.1, 0.15) is 0 Å². The molecule has 0 fully saturated rings. The fourth-order valence-corrected chi connectivity index (χ4v) is 1.49. The second-order valence-corrected chi connectivity index (χ2v) is 3.10. The second-order valence-electron chi connectivity index (χ2n) is 3.10. The first-order valence-corrected chi connectivity index (χ1v) is 4.28. The van der Waals surface area contributed by atoms with Gasteiger partial charge in [-0.05, 0) is 12.1 Å². The van der Waals surface area contributed by atoms with Crippen LogP contribution in [0, 0.1) is 0 Å². The van der Waals surface area contributed by atoms with E-state index >= 15 is 0 Å². The third kappa shape index (κ3) is 1.56. The zero-order valence-corrected chi connectivity index (χ0v) is 7.84. The van der Waals surface area contributed by atoms with E-state index in [0.29, 0.717) is 11.1 Å². The van der Waals surface area contributed by atoms with Gasteiger partial charge in [0.1, 0.15) is 11.3 Å². The molecule has 0 aliphatic rings. The van der Waals surface area contributed by atoms with Gasteiger partial charge < -0.3 is 22.1 Å². The Morgan fingerprint density at radius 3 is 2.53 bits per heavy atom. The maximum Gasteiger partial charge on any atom is 0.513 e. The molecular formula is C9H7BF3O2-. The monoisotopic (exact) mass is 215 g/mol. The van der Waals surface area contributed by atoms with Gasteiger partial charge in [-0.1, -0.05) is 11.5 Å². The Balaban J connectivity index is 2.74. The average Bonchev–Trinajstić information content (AvgIpc) is 2.62. The van der Waals surface area contributed by atoms with Crippen LogP contribution in [0.4, 0.5) is 12.9 Å². The summed E-state index contributed by atoms with van der Waals surface area (Å²) in [5, 5.41) is 0.342. The molecular weight excluding hydrogens is 208 g/mol. The molecule has 6 heteroatoms. The van der Waals surface area contributed by atoms with Gasteiger partial charge >= 0.3 is 6.98 Å². The molecule has 0 aliphatic heterocycles. The topological polar surface area (TPSA) is 22.4 Å². The molecule has 0 saturated heterocycles. The molecule has 1 heterocycles. The van der Waals surface area contributed by atoms with Gasteiger partial charge in [0.25, 0.3) is 0 Å². The summed E-state index contributed by atoms with van der Waals surface area (Å²) < 4.78 is 47.5. The highest BCUT2D eigenvalue weighted by molar-refractivity contribution is 6.75. The lowest BCUT2D eigenvalue weighted by Gasteiger charge is -2.15. The first-order valence-electron chi connectivity index (χ1n) is 4.28. The second kappa shape index (κ2) is 3.22. The molecule has 0 unspecified atom stereocenters. The van der Waals surface area contributed by atoms with Crippen LogP contribution in [0.3, 0.4) is 0 Å². The summed E-state index contributed by atoms with van der Waals surface area (Å²) in [7, 11) is 1.40. The molecule has 80 valence electrons. The number of hydrogen-bond donors (Lipinski definition) is 0. The Morgan fingerprint density at radius 1 is 1.20 bits per heavy atom. The van der Waals surface area contributed by atoms with E-state index in [9.17, 15) is 12.9 Å². The Morgan fingerprint density at radius 2 is 1.93 bits per heavy atom. The summed E-state index contributed by atoms with van der Waals surface area (Å²) in [5.74, 6) is 0.377. The largest absolute Gasteiger partial charge is 0.513 e. The van der Waals surface area contributed by atoms with Crippen molar-refractivity contribution in [1.29, 1.82) is 0 Å². The van der Waals surface area contributed by atoms with E-state index in [1.807, 2.05) is 0 Å². The number of halogens is 3. The summed E-state index contributed by atoms with van der Waals surface area (Å²) in [5.41, 5.74) is -0.891. The molecule has 0 radical (unpaired) electrons. The molecule has 1 aromatic carbocycles. The number of methoxy groups -OCH3 is 1. The van der Waals surface area contributed by atoms with Crippen LogP contribution in [-0.4, -0.2) is 14.1 Å². The third-order valence-corrected chi connectivity index (χ3v) is 2.18. The maximum absolute atomic E-state index is 12.6. The molecule has 0 N–H and O–H groups in total. The van der Waals surface area contributed by atoms with Gasteiger partial charge in [-0.15, -0.1) is 0 Å². The van der Waals surface area contributed by atoms with Crippen molar-refractivity contribution in [3.8, 4) is 5.75 Å². The molecule has 2 rings (SSSR count). The lowest BCUT2D eigenvalue weighted by Crippen LogP contribution is -2.34. The average molecular weight is 215 g/mol. The van der Waals surface area contributed by atoms with Crippen LogP contribution in [0.25, 0.3) is 11.0 Å². The number of benzene rings is 1. The molecule has 0 amide bonds. The number of fused-ring (bicyclic) bond motifs is 1. The van der Waals surface area contributed by atoms with Crippen LogP contribution >= 0.6 is 0 Å². The Labute approximate surface area is 83.7 Å². The molecule has 2 aromatic rings. The fraction of sp³-hybridized carbons (Fsp3) is 0.111. The lowest BCUT2D eigenvalue weighted by atomic mass is 9.79. The van der Waals surface area contributed by atoms with E-state index in [2.05, 4.69) is 0 Å². The maximum atomic E-state index is 12.6. The van der Waals surface area contributed by atoms with Crippen molar-refractivity contribution < 1.29 is 22.1 Å². The van der Waals surface area contributed by atoms with Crippen molar-refractivity contribution in [2.24, 2.45) is 0 Å². The normalized spacial score (nSPS) is 12.0. The highest BCUT2D eigenvalue weighted by atomic mass is 19.4. The molecule has 0 atom stereocenters. The van der Waals surface area contributed by atoms with E-state index in [1.54, 1.807) is 0 Å². The Kier molecular flexibility index (Phi) is 2.14. The molecule has 0 aliphatic carbocycles. The molecule has 0 spiro atoms. The van der Waals surface area contributed by atoms with Crippen molar-refractivity contribution in [2.75, 3.05) is 7.11 Å². The van der Waals surface area contributed by atoms with Crippen LogP contribution in [0.5, 0.6) is 5.75 Å². The van der Waals surface area contributed by atoms with Crippen LogP contribution in [0.2, 0.25) is 0 Å². The van der Waals surface area contributed by atoms with Gasteiger partial charge in [0.05, 0.1) is 18.8 Å². The molecule has 2 nitrogen and oxygen atoms in total. The molecule has 15 heavy (non-hydrogen) atoms. The number of hydrogen-bond acceptors (Lipinski definition) is 2. The zero-order valence-electron chi connectivity index (χ0n) is 7.84. The predicted octanol–water partition coefficient (Wildman–Crippen LogP) is 2.50. The zero-order chi connectivity index (χ0) is 11.1. The van der Waals surface area contributed by atoms with Crippen LogP contribution in [0.15, 0.2) is 28.9 Å². The SMILES string of the molecule is COc1ccc([B-](F)(F)F)c2occc12. The van der Waals surface area contributed by atoms with Crippen LogP contribution < -0.4 is 10.2 Å². The van der Waals surface area contributed by atoms with E-state index in [0.717, 1.165) is 6.07 Å². The van der Waals surface area contributed by atoms with Gasteiger partial charge in [-0.2, -0.15) is 0 Å². The summed E-state index contributed by atoms with van der Waals surface area (Å²) >= 11 is 0. The number of furan rings is 1. The Hall–Kier alpha value is -1.59.